The number of hydrogen-bond acceptors (Lipinski definition) is 4. The van der Waals surface area contributed by atoms with E-state index >= 15 is 0 Å². The Morgan fingerprint density at radius 2 is 1.79 bits per heavy atom. The van der Waals surface area contributed by atoms with E-state index in [9.17, 15) is 14.4 Å². The lowest BCUT2D eigenvalue weighted by atomic mass is 10.1. The SMILES string of the molecule is CCN(CC)CCN(CC(C)C)C(=O)c1ccc2c(c1)[nH]c(=O)c(=O)n2CC. The van der Waals surface area contributed by atoms with Gasteiger partial charge in [-0.25, -0.2) is 0 Å². The summed E-state index contributed by atoms with van der Waals surface area (Å²) in [6.07, 6.45) is 0. The predicted molar refractivity (Wildman–Crippen MR) is 113 cm³/mol. The molecule has 1 heterocycles. The van der Waals surface area contributed by atoms with Crippen molar-refractivity contribution in [3.8, 4) is 0 Å². The molecule has 2 aromatic rings. The van der Waals surface area contributed by atoms with E-state index in [1.54, 1.807) is 18.2 Å². The summed E-state index contributed by atoms with van der Waals surface area (Å²) in [5.74, 6) is 0.295. The molecule has 0 saturated carbocycles. The first kappa shape index (κ1) is 21.9. The standard InChI is InChI=1S/C21H32N4O3/c1-6-23(7-2)11-12-24(14-15(4)5)20(27)16-9-10-18-17(13-16)22-19(26)21(28)25(18)8-3/h9-10,13,15H,6-8,11-12,14H2,1-5H3,(H,22,26). The first-order chi connectivity index (χ1) is 13.3. The molecule has 1 aromatic carbocycles. The van der Waals surface area contributed by atoms with Crippen molar-refractivity contribution in [1.29, 1.82) is 0 Å². The Morgan fingerprint density at radius 1 is 1.11 bits per heavy atom. The van der Waals surface area contributed by atoms with Crippen LogP contribution in [0.2, 0.25) is 0 Å². The minimum atomic E-state index is -0.667. The zero-order valence-corrected chi connectivity index (χ0v) is 17.6. The molecule has 0 aliphatic rings. The van der Waals surface area contributed by atoms with Crippen molar-refractivity contribution in [2.75, 3.05) is 32.7 Å². The molecule has 0 radical (unpaired) electrons. The fourth-order valence-electron chi connectivity index (χ4n) is 3.43. The van der Waals surface area contributed by atoms with Crippen molar-refractivity contribution < 1.29 is 4.79 Å². The summed E-state index contributed by atoms with van der Waals surface area (Å²) >= 11 is 0. The van der Waals surface area contributed by atoms with Crippen molar-refractivity contribution in [2.24, 2.45) is 5.92 Å². The molecular weight excluding hydrogens is 356 g/mol. The summed E-state index contributed by atoms with van der Waals surface area (Å²) in [5.41, 5.74) is 0.409. The van der Waals surface area contributed by atoms with Crippen molar-refractivity contribution in [1.82, 2.24) is 19.4 Å². The third kappa shape index (κ3) is 4.90. The van der Waals surface area contributed by atoms with E-state index in [1.165, 1.54) is 4.57 Å². The molecule has 0 saturated heterocycles. The van der Waals surface area contributed by atoms with Crippen molar-refractivity contribution in [2.45, 2.75) is 41.2 Å². The van der Waals surface area contributed by atoms with Gasteiger partial charge in [0.05, 0.1) is 11.0 Å². The van der Waals surface area contributed by atoms with Crippen LogP contribution in [0.15, 0.2) is 27.8 Å². The van der Waals surface area contributed by atoms with E-state index in [2.05, 4.69) is 37.6 Å². The number of rotatable bonds is 9. The van der Waals surface area contributed by atoms with E-state index in [-0.39, 0.29) is 5.91 Å². The van der Waals surface area contributed by atoms with Gasteiger partial charge >= 0.3 is 11.1 Å². The van der Waals surface area contributed by atoms with Crippen LogP contribution in [-0.4, -0.2) is 58.0 Å². The maximum atomic E-state index is 13.2. The number of likely N-dealkylation sites (N-methyl/N-ethyl adjacent to an activating group) is 1. The number of amides is 1. The minimum absolute atomic E-state index is 0.0575. The number of benzene rings is 1. The molecule has 1 N–H and O–H groups in total. The highest BCUT2D eigenvalue weighted by atomic mass is 16.2. The van der Waals surface area contributed by atoms with Gasteiger partial charge in [0.1, 0.15) is 0 Å². The highest BCUT2D eigenvalue weighted by molar-refractivity contribution is 5.97. The van der Waals surface area contributed by atoms with Gasteiger partial charge in [0.15, 0.2) is 0 Å². The third-order valence-corrected chi connectivity index (χ3v) is 4.99. The van der Waals surface area contributed by atoms with Crippen molar-refractivity contribution >= 4 is 16.9 Å². The van der Waals surface area contributed by atoms with Crippen molar-refractivity contribution in [3.05, 3.63) is 44.5 Å². The number of carbonyl (C=O) groups excluding carboxylic acids is 1. The molecule has 0 aliphatic carbocycles. The maximum absolute atomic E-state index is 13.2. The molecular formula is C21H32N4O3. The number of carbonyl (C=O) groups is 1. The van der Waals surface area contributed by atoms with Crippen LogP contribution in [0.1, 0.15) is 45.0 Å². The summed E-state index contributed by atoms with van der Waals surface area (Å²) in [5, 5.41) is 0. The van der Waals surface area contributed by atoms with Crippen LogP contribution in [0, 0.1) is 5.92 Å². The summed E-state index contributed by atoms with van der Waals surface area (Å²) in [4.78, 5) is 43.9. The van der Waals surface area contributed by atoms with Gasteiger partial charge in [-0.1, -0.05) is 27.7 Å². The number of nitrogens with one attached hydrogen (secondary N) is 1. The Balaban J connectivity index is 2.37. The van der Waals surface area contributed by atoms with E-state index in [0.717, 1.165) is 19.6 Å². The molecule has 0 spiro atoms. The van der Waals surface area contributed by atoms with Gasteiger partial charge < -0.3 is 19.4 Å². The number of aromatic nitrogens is 2. The molecule has 1 aromatic heterocycles. The predicted octanol–water partition coefficient (Wildman–Crippen LogP) is 2.15. The Kier molecular flexibility index (Phi) is 7.57. The average molecular weight is 389 g/mol. The molecule has 0 bridgehead atoms. The van der Waals surface area contributed by atoms with Gasteiger partial charge in [0, 0.05) is 31.7 Å². The number of H-pyrrole nitrogens is 1. The van der Waals surface area contributed by atoms with E-state index < -0.39 is 11.1 Å². The van der Waals surface area contributed by atoms with Gasteiger partial charge in [-0.3, -0.25) is 14.4 Å². The second-order valence-electron chi connectivity index (χ2n) is 7.41. The minimum Gasteiger partial charge on any atom is -0.337 e. The molecule has 1 amide bonds. The molecule has 7 heteroatoms. The van der Waals surface area contributed by atoms with Crippen LogP contribution in [-0.2, 0) is 6.54 Å². The van der Waals surface area contributed by atoms with Gasteiger partial charge in [-0.15, -0.1) is 0 Å². The highest BCUT2D eigenvalue weighted by Gasteiger charge is 2.19. The first-order valence-electron chi connectivity index (χ1n) is 10.1. The fourth-order valence-corrected chi connectivity index (χ4v) is 3.43. The second-order valence-corrected chi connectivity index (χ2v) is 7.41. The Bertz CT molecular complexity index is 925. The van der Waals surface area contributed by atoms with Crippen molar-refractivity contribution in [3.63, 3.8) is 0 Å². The average Bonchev–Trinajstić information content (AvgIpc) is 2.67. The van der Waals surface area contributed by atoms with Gasteiger partial charge in [0.2, 0.25) is 0 Å². The van der Waals surface area contributed by atoms with Gasteiger partial charge in [-0.05, 0) is 44.1 Å². The number of aryl methyl sites for hydroxylation is 1. The zero-order valence-electron chi connectivity index (χ0n) is 17.6. The van der Waals surface area contributed by atoms with Gasteiger partial charge in [0.25, 0.3) is 5.91 Å². The quantitative estimate of drug-likeness (QED) is 0.668. The lowest BCUT2D eigenvalue weighted by molar-refractivity contribution is 0.0716. The summed E-state index contributed by atoms with van der Waals surface area (Å²) in [6.45, 7) is 14.7. The summed E-state index contributed by atoms with van der Waals surface area (Å²) in [7, 11) is 0. The molecule has 0 unspecified atom stereocenters. The summed E-state index contributed by atoms with van der Waals surface area (Å²) in [6, 6.07) is 5.15. The van der Waals surface area contributed by atoms with Crippen LogP contribution in [0.4, 0.5) is 0 Å². The van der Waals surface area contributed by atoms with Crippen LogP contribution < -0.4 is 11.1 Å². The Hall–Kier alpha value is -2.41. The molecule has 28 heavy (non-hydrogen) atoms. The maximum Gasteiger partial charge on any atom is 0.316 e. The lowest BCUT2D eigenvalue weighted by Gasteiger charge is -2.28. The summed E-state index contributed by atoms with van der Waals surface area (Å²) < 4.78 is 1.43. The molecule has 0 fully saturated rings. The Labute approximate surface area is 166 Å². The Morgan fingerprint density at radius 3 is 2.36 bits per heavy atom. The number of aromatic amines is 1. The van der Waals surface area contributed by atoms with E-state index in [0.29, 0.717) is 42.1 Å². The van der Waals surface area contributed by atoms with Crippen LogP contribution in [0.5, 0.6) is 0 Å². The third-order valence-electron chi connectivity index (χ3n) is 4.99. The molecule has 7 nitrogen and oxygen atoms in total. The molecule has 0 atom stereocenters. The number of hydrogen-bond donors (Lipinski definition) is 1. The van der Waals surface area contributed by atoms with E-state index in [1.807, 2.05) is 11.8 Å². The highest BCUT2D eigenvalue weighted by Crippen LogP contribution is 2.15. The molecule has 2 rings (SSSR count). The van der Waals surface area contributed by atoms with Gasteiger partial charge in [-0.2, -0.15) is 0 Å². The monoisotopic (exact) mass is 388 g/mol. The van der Waals surface area contributed by atoms with Crippen LogP contribution in [0.25, 0.3) is 11.0 Å². The molecule has 0 aliphatic heterocycles. The number of nitrogens with zero attached hydrogens (tertiary/aromatic N) is 3. The number of fused-ring (bicyclic) bond motifs is 1. The van der Waals surface area contributed by atoms with E-state index in [4.69, 9.17) is 0 Å². The normalized spacial score (nSPS) is 11.5. The second kappa shape index (κ2) is 9.68. The lowest BCUT2D eigenvalue weighted by Crippen LogP contribution is -2.40. The topological polar surface area (TPSA) is 78.4 Å². The largest absolute Gasteiger partial charge is 0.337 e. The smallest absolute Gasteiger partial charge is 0.316 e. The fraction of sp³-hybridized carbons (Fsp3) is 0.571. The molecule has 154 valence electrons. The first-order valence-corrected chi connectivity index (χ1v) is 10.1. The zero-order chi connectivity index (χ0) is 20.8. The van der Waals surface area contributed by atoms with Crippen LogP contribution in [0.3, 0.4) is 0 Å². The van der Waals surface area contributed by atoms with Crippen LogP contribution >= 0.6 is 0 Å².